The molecule has 1 aromatic heterocycles. The first kappa shape index (κ1) is 22.9. The molecular weight excluding hydrogens is 448 g/mol. The molecule has 2 N–H and O–H groups in total. The second-order valence-corrected chi connectivity index (χ2v) is 9.95. The monoisotopic (exact) mass is 478 g/mol. The number of halogens is 1. The van der Waals surface area contributed by atoms with Crippen LogP contribution in [0, 0.1) is 5.92 Å². The second kappa shape index (κ2) is 10.2. The summed E-state index contributed by atoms with van der Waals surface area (Å²) in [5.41, 5.74) is 2.76. The van der Waals surface area contributed by atoms with Crippen molar-refractivity contribution >= 4 is 34.3 Å². The number of carbonyl (C=O) groups is 2. The Balaban J connectivity index is 1.11. The summed E-state index contributed by atoms with van der Waals surface area (Å²) in [5, 5.41) is 4.93. The van der Waals surface area contributed by atoms with Gasteiger partial charge in [-0.2, -0.15) is 0 Å². The first-order valence-electron chi connectivity index (χ1n) is 12.2. The molecule has 2 fully saturated rings. The number of para-hydroxylation sites is 1. The van der Waals surface area contributed by atoms with Crippen molar-refractivity contribution in [3.63, 3.8) is 0 Å². The molecule has 2 aromatic carbocycles. The number of likely N-dealkylation sites (tertiary alicyclic amines) is 2. The molecule has 2 amide bonds. The number of hydrogen-bond acceptors (Lipinski definition) is 3. The van der Waals surface area contributed by atoms with Gasteiger partial charge in [0, 0.05) is 35.6 Å². The van der Waals surface area contributed by atoms with E-state index in [1.54, 1.807) is 4.90 Å². The van der Waals surface area contributed by atoms with Crippen LogP contribution in [0.4, 0.5) is 0 Å². The molecule has 0 saturated carbocycles. The van der Waals surface area contributed by atoms with E-state index in [-0.39, 0.29) is 17.9 Å². The van der Waals surface area contributed by atoms with Crippen LogP contribution >= 0.6 is 11.6 Å². The SMILES string of the molecule is O=C(NCC1CCN(Cc2ccc(Cl)cc2)CC1)C1CCCN1C(=O)c1cc2ccccc2[nH]1. The minimum atomic E-state index is -0.385. The van der Waals surface area contributed by atoms with Crippen molar-refractivity contribution < 1.29 is 9.59 Å². The van der Waals surface area contributed by atoms with Gasteiger partial charge in [-0.1, -0.05) is 41.9 Å². The lowest BCUT2D eigenvalue weighted by Crippen LogP contribution is -2.47. The molecule has 1 atom stereocenters. The molecule has 34 heavy (non-hydrogen) atoms. The molecule has 2 aliphatic heterocycles. The average Bonchev–Trinajstić information content (AvgIpc) is 3.52. The van der Waals surface area contributed by atoms with Gasteiger partial charge in [0.2, 0.25) is 5.91 Å². The highest BCUT2D eigenvalue weighted by Crippen LogP contribution is 2.24. The largest absolute Gasteiger partial charge is 0.354 e. The normalized spacial score (nSPS) is 19.6. The molecule has 0 spiro atoms. The van der Waals surface area contributed by atoms with Crippen LogP contribution in [0.1, 0.15) is 41.7 Å². The zero-order chi connectivity index (χ0) is 23.5. The van der Waals surface area contributed by atoms with E-state index in [2.05, 4.69) is 27.3 Å². The van der Waals surface area contributed by atoms with Crippen molar-refractivity contribution in [1.82, 2.24) is 20.1 Å². The molecule has 178 valence electrons. The number of H-pyrrole nitrogens is 1. The molecule has 1 unspecified atom stereocenters. The maximum Gasteiger partial charge on any atom is 0.270 e. The van der Waals surface area contributed by atoms with Gasteiger partial charge in [-0.05, 0) is 74.5 Å². The van der Waals surface area contributed by atoms with Gasteiger partial charge in [0.1, 0.15) is 11.7 Å². The number of piperidine rings is 1. The smallest absolute Gasteiger partial charge is 0.270 e. The van der Waals surface area contributed by atoms with Crippen LogP contribution in [0.3, 0.4) is 0 Å². The number of hydrogen-bond donors (Lipinski definition) is 2. The highest BCUT2D eigenvalue weighted by Gasteiger charge is 2.35. The minimum absolute atomic E-state index is 0.0226. The van der Waals surface area contributed by atoms with Crippen LogP contribution in [0.2, 0.25) is 5.02 Å². The van der Waals surface area contributed by atoms with Crippen molar-refractivity contribution in [2.24, 2.45) is 5.92 Å². The van der Waals surface area contributed by atoms with Crippen LogP contribution in [0.5, 0.6) is 0 Å². The standard InChI is InChI=1S/C27H31ClN4O2/c28-22-9-7-20(8-10-22)18-31-14-11-19(12-15-31)17-29-26(33)25-6-3-13-32(25)27(34)24-16-21-4-1-2-5-23(21)30-24/h1-2,4-5,7-10,16,19,25,30H,3,6,11-15,17-18H2,(H,29,33). The molecule has 3 aromatic rings. The summed E-state index contributed by atoms with van der Waals surface area (Å²) in [6.45, 7) is 4.28. The summed E-state index contributed by atoms with van der Waals surface area (Å²) in [5.74, 6) is 0.361. The Labute approximate surface area is 205 Å². The summed E-state index contributed by atoms with van der Waals surface area (Å²) < 4.78 is 0. The van der Waals surface area contributed by atoms with Gasteiger partial charge in [0.15, 0.2) is 0 Å². The predicted octanol–water partition coefficient (Wildman–Crippen LogP) is 4.45. The Morgan fingerprint density at radius 1 is 1.00 bits per heavy atom. The number of aromatic nitrogens is 1. The predicted molar refractivity (Wildman–Crippen MR) is 135 cm³/mol. The molecule has 0 radical (unpaired) electrons. The number of amides is 2. The second-order valence-electron chi connectivity index (χ2n) is 9.52. The molecule has 0 bridgehead atoms. The Morgan fingerprint density at radius 3 is 2.53 bits per heavy atom. The first-order valence-corrected chi connectivity index (χ1v) is 12.6. The summed E-state index contributed by atoms with van der Waals surface area (Å²) in [6.07, 6.45) is 3.71. The van der Waals surface area contributed by atoms with Crippen molar-refractivity contribution in [2.45, 2.75) is 38.3 Å². The Bertz CT molecular complexity index is 1120. The number of benzene rings is 2. The molecule has 6 nitrogen and oxygen atoms in total. The van der Waals surface area contributed by atoms with Gasteiger partial charge in [-0.3, -0.25) is 14.5 Å². The Morgan fingerprint density at radius 2 is 1.76 bits per heavy atom. The number of nitrogens with one attached hydrogen (secondary N) is 2. The third-order valence-electron chi connectivity index (χ3n) is 7.17. The topological polar surface area (TPSA) is 68.4 Å². The quantitative estimate of drug-likeness (QED) is 0.549. The van der Waals surface area contributed by atoms with E-state index in [9.17, 15) is 9.59 Å². The van der Waals surface area contributed by atoms with Crippen molar-refractivity contribution in [1.29, 1.82) is 0 Å². The van der Waals surface area contributed by atoms with E-state index in [4.69, 9.17) is 11.6 Å². The Kier molecular flexibility index (Phi) is 6.88. The highest BCUT2D eigenvalue weighted by atomic mass is 35.5. The lowest BCUT2D eigenvalue weighted by molar-refractivity contribution is -0.125. The first-order chi connectivity index (χ1) is 16.6. The number of nitrogens with zero attached hydrogens (tertiary/aromatic N) is 2. The molecule has 5 rings (SSSR count). The lowest BCUT2D eigenvalue weighted by atomic mass is 9.96. The lowest BCUT2D eigenvalue weighted by Gasteiger charge is -2.32. The summed E-state index contributed by atoms with van der Waals surface area (Å²) in [7, 11) is 0. The molecule has 7 heteroatoms. The number of carbonyl (C=O) groups excluding carboxylic acids is 2. The van der Waals surface area contributed by atoms with Crippen molar-refractivity contribution in [3.05, 3.63) is 70.9 Å². The number of fused-ring (bicyclic) bond motifs is 1. The van der Waals surface area contributed by atoms with Crippen LogP contribution in [0.25, 0.3) is 10.9 Å². The zero-order valence-electron chi connectivity index (χ0n) is 19.3. The molecular formula is C27H31ClN4O2. The van der Waals surface area contributed by atoms with E-state index in [1.165, 1.54) is 5.56 Å². The molecule has 2 saturated heterocycles. The molecule has 0 aliphatic carbocycles. The summed E-state index contributed by atoms with van der Waals surface area (Å²) >= 11 is 5.98. The summed E-state index contributed by atoms with van der Waals surface area (Å²) in [4.78, 5) is 33.5. The van der Waals surface area contributed by atoms with E-state index < -0.39 is 0 Å². The van der Waals surface area contributed by atoms with Gasteiger partial charge in [0.05, 0.1) is 0 Å². The van der Waals surface area contributed by atoms with Crippen molar-refractivity contribution in [2.75, 3.05) is 26.2 Å². The van der Waals surface area contributed by atoms with Crippen molar-refractivity contribution in [3.8, 4) is 0 Å². The zero-order valence-corrected chi connectivity index (χ0v) is 20.1. The van der Waals surface area contributed by atoms with Crippen LogP contribution in [-0.4, -0.2) is 58.8 Å². The van der Waals surface area contributed by atoms with E-state index in [0.29, 0.717) is 24.7 Å². The molecule has 2 aliphatic rings. The van der Waals surface area contributed by atoms with Gasteiger partial charge in [0.25, 0.3) is 5.91 Å². The molecule has 3 heterocycles. The van der Waals surface area contributed by atoms with Gasteiger partial charge in [-0.25, -0.2) is 0 Å². The Hall–Kier alpha value is -2.83. The average molecular weight is 479 g/mol. The van der Waals surface area contributed by atoms with Crippen LogP contribution in [0.15, 0.2) is 54.6 Å². The fourth-order valence-electron chi connectivity index (χ4n) is 5.19. The maximum absolute atomic E-state index is 13.1. The van der Waals surface area contributed by atoms with E-state index >= 15 is 0 Å². The van der Waals surface area contributed by atoms with Gasteiger partial charge < -0.3 is 15.2 Å². The van der Waals surface area contributed by atoms with E-state index in [0.717, 1.165) is 61.2 Å². The fourth-order valence-corrected chi connectivity index (χ4v) is 5.31. The third-order valence-corrected chi connectivity index (χ3v) is 7.42. The third kappa shape index (κ3) is 5.13. The summed E-state index contributed by atoms with van der Waals surface area (Å²) in [6, 6.07) is 17.4. The number of rotatable bonds is 6. The van der Waals surface area contributed by atoms with E-state index in [1.807, 2.05) is 42.5 Å². The van der Waals surface area contributed by atoms with Gasteiger partial charge in [-0.15, -0.1) is 0 Å². The van der Waals surface area contributed by atoms with Gasteiger partial charge >= 0.3 is 0 Å². The van der Waals surface area contributed by atoms with Crippen LogP contribution in [-0.2, 0) is 11.3 Å². The fraction of sp³-hybridized carbons (Fsp3) is 0.407. The maximum atomic E-state index is 13.1. The van der Waals surface area contributed by atoms with Crippen LogP contribution < -0.4 is 5.32 Å². The number of aromatic amines is 1. The minimum Gasteiger partial charge on any atom is -0.354 e. The highest BCUT2D eigenvalue weighted by molar-refractivity contribution is 6.30.